The number of halogens is 3. The number of carboxylic acids is 1. The van der Waals surface area contributed by atoms with Crippen molar-refractivity contribution in [2.45, 2.75) is 19.5 Å². The number of hydrogen-bond acceptors (Lipinski definition) is 10. The first-order valence-corrected chi connectivity index (χ1v) is 14.7. The average molecular weight is 659 g/mol. The molecule has 0 aliphatic rings. The number of benzene rings is 1. The predicted molar refractivity (Wildman–Crippen MR) is 159 cm³/mol. The second kappa shape index (κ2) is 26.1. The Morgan fingerprint density at radius 3 is 1.45 bits per heavy atom. The molecule has 44 heavy (non-hydrogen) atoms. The third-order valence-electron chi connectivity index (χ3n) is 5.26. The molecule has 0 aliphatic heterocycles. The topological polar surface area (TPSA) is 135 Å². The van der Waals surface area contributed by atoms with Crippen LogP contribution in [0.3, 0.4) is 0 Å². The Morgan fingerprint density at radius 1 is 0.682 bits per heavy atom. The maximum absolute atomic E-state index is 13.0. The zero-order chi connectivity index (χ0) is 32.3. The minimum absolute atomic E-state index is 0.0167. The molecule has 254 valence electrons. The largest absolute Gasteiger partial charge is 0.481 e. The van der Waals surface area contributed by atoms with Gasteiger partial charge in [-0.15, -0.1) is 0 Å². The first-order valence-electron chi connectivity index (χ1n) is 14.3. The van der Waals surface area contributed by atoms with E-state index in [-0.39, 0.29) is 23.8 Å². The van der Waals surface area contributed by atoms with Crippen molar-refractivity contribution in [1.29, 1.82) is 0 Å². The number of carbonyl (C=O) groups is 1. The van der Waals surface area contributed by atoms with Crippen LogP contribution in [0.4, 0.5) is 18.9 Å². The number of alkyl halides is 3. The highest BCUT2D eigenvalue weighted by molar-refractivity contribution is 7.80. The standard InChI is InChI=1S/C28H45F3N2O10S/c1-23-20-24(28(29,30)31)22-25(21-23)33-27(44)32-3-5-37-7-9-39-11-13-41-15-17-43-19-18-42-16-14-40-12-10-38-8-6-36-4-2-26(34)35/h20-22H,2-19H2,1H3,(H,34,35)(H2,32,33,44). The van der Waals surface area contributed by atoms with Crippen molar-refractivity contribution in [3.05, 3.63) is 29.3 Å². The molecule has 0 fully saturated rings. The summed E-state index contributed by atoms with van der Waals surface area (Å²) in [6.45, 7) is 8.38. The smallest absolute Gasteiger partial charge is 0.416 e. The second-order valence-electron chi connectivity index (χ2n) is 9.01. The minimum Gasteiger partial charge on any atom is -0.481 e. The summed E-state index contributed by atoms with van der Waals surface area (Å²) in [6, 6.07) is 3.67. The Kier molecular flexibility index (Phi) is 23.7. The van der Waals surface area contributed by atoms with Crippen LogP contribution in [0.1, 0.15) is 17.5 Å². The number of thiocarbonyl (C=S) groups is 1. The molecular weight excluding hydrogens is 613 g/mol. The Hall–Kier alpha value is -2.15. The van der Waals surface area contributed by atoms with Crippen LogP contribution in [0.25, 0.3) is 0 Å². The zero-order valence-corrected chi connectivity index (χ0v) is 25.9. The fourth-order valence-electron chi connectivity index (χ4n) is 3.23. The van der Waals surface area contributed by atoms with Crippen molar-refractivity contribution < 1.29 is 61.0 Å². The summed E-state index contributed by atoms with van der Waals surface area (Å²) in [5.41, 5.74) is 0.00772. The van der Waals surface area contributed by atoms with Gasteiger partial charge in [0, 0.05) is 12.2 Å². The zero-order valence-electron chi connectivity index (χ0n) is 25.1. The van der Waals surface area contributed by atoms with Crippen molar-refractivity contribution in [3.63, 3.8) is 0 Å². The molecule has 3 N–H and O–H groups in total. The summed E-state index contributed by atoms with van der Waals surface area (Å²) in [4.78, 5) is 10.3. The van der Waals surface area contributed by atoms with E-state index in [0.717, 1.165) is 12.1 Å². The van der Waals surface area contributed by atoms with Crippen LogP contribution < -0.4 is 10.6 Å². The molecule has 0 saturated heterocycles. The highest BCUT2D eigenvalue weighted by Crippen LogP contribution is 2.31. The fraction of sp³-hybridized carbons (Fsp3) is 0.714. The molecular formula is C28H45F3N2O10S. The fourth-order valence-corrected chi connectivity index (χ4v) is 3.45. The van der Waals surface area contributed by atoms with E-state index in [2.05, 4.69) is 10.6 Å². The molecule has 0 atom stereocenters. The molecule has 0 unspecified atom stereocenters. The van der Waals surface area contributed by atoms with E-state index in [1.807, 2.05) is 0 Å². The summed E-state index contributed by atoms with van der Waals surface area (Å²) in [6.07, 6.45) is -4.44. The Balaban J connectivity index is 1.78. The number of rotatable bonds is 28. The first-order chi connectivity index (χ1) is 21.2. The highest BCUT2D eigenvalue weighted by atomic mass is 32.1. The van der Waals surface area contributed by atoms with E-state index in [0.29, 0.717) is 111 Å². The van der Waals surface area contributed by atoms with Gasteiger partial charge in [-0.2, -0.15) is 13.2 Å². The van der Waals surface area contributed by atoms with Gasteiger partial charge in [0.1, 0.15) is 0 Å². The van der Waals surface area contributed by atoms with Gasteiger partial charge in [0.15, 0.2) is 5.11 Å². The predicted octanol–water partition coefficient (Wildman–Crippen LogP) is 2.91. The molecule has 1 aromatic carbocycles. The lowest BCUT2D eigenvalue weighted by molar-refractivity contribution is -0.139. The Bertz CT molecular complexity index is 900. The Labute approximate surface area is 261 Å². The molecule has 1 aromatic rings. The van der Waals surface area contributed by atoms with E-state index < -0.39 is 17.7 Å². The molecule has 0 aliphatic carbocycles. The highest BCUT2D eigenvalue weighted by Gasteiger charge is 2.31. The summed E-state index contributed by atoms with van der Waals surface area (Å²) in [5.74, 6) is -0.887. The number of carboxylic acid groups (broad SMARTS) is 1. The van der Waals surface area contributed by atoms with Crippen molar-refractivity contribution in [1.82, 2.24) is 5.32 Å². The van der Waals surface area contributed by atoms with E-state index >= 15 is 0 Å². The third-order valence-corrected chi connectivity index (χ3v) is 5.51. The average Bonchev–Trinajstić information content (AvgIpc) is 2.95. The monoisotopic (exact) mass is 658 g/mol. The van der Waals surface area contributed by atoms with E-state index in [1.165, 1.54) is 0 Å². The molecule has 0 aromatic heterocycles. The number of ether oxygens (including phenoxy) is 8. The van der Waals surface area contributed by atoms with Crippen LogP contribution in [0.5, 0.6) is 0 Å². The normalized spacial score (nSPS) is 11.5. The molecule has 16 heteroatoms. The van der Waals surface area contributed by atoms with E-state index in [4.69, 9.17) is 55.2 Å². The van der Waals surface area contributed by atoms with Crippen LogP contribution in [0.2, 0.25) is 0 Å². The number of aryl methyl sites for hydroxylation is 1. The molecule has 0 spiro atoms. The van der Waals surface area contributed by atoms with E-state index in [9.17, 15) is 18.0 Å². The van der Waals surface area contributed by atoms with Crippen LogP contribution in [-0.4, -0.2) is 128 Å². The summed E-state index contributed by atoms with van der Waals surface area (Å²) in [5, 5.41) is 14.3. The Morgan fingerprint density at radius 2 is 1.07 bits per heavy atom. The molecule has 0 radical (unpaired) electrons. The van der Waals surface area contributed by atoms with Gasteiger partial charge in [0.2, 0.25) is 0 Å². The number of anilines is 1. The van der Waals surface area contributed by atoms with Crippen molar-refractivity contribution in [2.75, 3.05) is 118 Å². The molecule has 0 heterocycles. The molecule has 0 bridgehead atoms. The molecule has 1 rings (SSSR count). The summed E-state index contributed by atoms with van der Waals surface area (Å²) < 4.78 is 81.7. The van der Waals surface area contributed by atoms with Gasteiger partial charge in [-0.1, -0.05) is 0 Å². The summed E-state index contributed by atoms with van der Waals surface area (Å²) >= 11 is 5.13. The van der Waals surface area contributed by atoms with Gasteiger partial charge in [-0.3, -0.25) is 4.79 Å². The van der Waals surface area contributed by atoms with Gasteiger partial charge in [-0.25, -0.2) is 0 Å². The maximum Gasteiger partial charge on any atom is 0.416 e. The SMILES string of the molecule is Cc1cc(NC(=S)NCCOCCOCCOCCOCCOCCOCCOCCOCCC(=O)O)cc(C(F)(F)F)c1. The lowest BCUT2D eigenvalue weighted by Crippen LogP contribution is -2.31. The van der Waals surface area contributed by atoms with Gasteiger partial charge >= 0.3 is 12.1 Å². The third kappa shape index (κ3) is 24.2. The van der Waals surface area contributed by atoms with Crippen molar-refractivity contribution in [3.8, 4) is 0 Å². The summed E-state index contributed by atoms with van der Waals surface area (Å²) in [7, 11) is 0. The molecule has 0 amide bonds. The van der Waals surface area contributed by atoms with Gasteiger partial charge in [0.05, 0.1) is 118 Å². The van der Waals surface area contributed by atoms with Gasteiger partial charge < -0.3 is 53.6 Å². The first kappa shape index (κ1) is 39.9. The number of hydrogen-bond donors (Lipinski definition) is 3. The number of aliphatic carboxylic acids is 1. The molecule has 0 saturated carbocycles. The van der Waals surface area contributed by atoms with Crippen LogP contribution in [0.15, 0.2) is 18.2 Å². The van der Waals surface area contributed by atoms with Crippen LogP contribution in [0, 0.1) is 6.92 Å². The van der Waals surface area contributed by atoms with Crippen molar-refractivity contribution in [2.24, 2.45) is 0 Å². The van der Waals surface area contributed by atoms with Gasteiger partial charge in [-0.05, 0) is 42.9 Å². The number of nitrogens with one attached hydrogen (secondary N) is 2. The molecule has 12 nitrogen and oxygen atoms in total. The maximum atomic E-state index is 13.0. The van der Waals surface area contributed by atoms with E-state index in [1.54, 1.807) is 13.0 Å². The van der Waals surface area contributed by atoms with Gasteiger partial charge in [0.25, 0.3) is 0 Å². The second-order valence-corrected chi connectivity index (χ2v) is 9.42. The van der Waals surface area contributed by atoms with Crippen LogP contribution in [-0.2, 0) is 48.9 Å². The van der Waals surface area contributed by atoms with Crippen LogP contribution >= 0.6 is 12.2 Å². The minimum atomic E-state index is -4.42. The lowest BCUT2D eigenvalue weighted by atomic mass is 10.1. The van der Waals surface area contributed by atoms with Crippen molar-refractivity contribution >= 4 is 29.0 Å². The lowest BCUT2D eigenvalue weighted by Gasteiger charge is -2.14. The quantitative estimate of drug-likeness (QED) is 0.0901.